The number of carbonyl (C=O) groups is 1. The van der Waals surface area contributed by atoms with E-state index in [9.17, 15) is 26.4 Å². The number of aromatic nitrogens is 1. The van der Waals surface area contributed by atoms with Gasteiger partial charge in [-0.3, -0.25) is 10.2 Å². The number of carbonyl (C=O) groups excluding carboxylic acids is 1. The van der Waals surface area contributed by atoms with Crippen molar-refractivity contribution in [3.63, 3.8) is 0 Å². The summed E-state index contributed by atoms with van der Waals surface area (Å²) in [5.41, 5.74) is -0.648. The third-order valence-electron chi connectivity index (χ3n) is 5.97. The van der Waals surface area contributed by atoms with Gasteiger partial charge in [0.2, 0.25) is 0 Å². The number of hydrogen-bond donors (Lipinski definition) is 1. The molecule has 0 atom stereocenters. The zero-order valence-corrected chi connectivity index (χ0v) is 19.3. The van der Waals surface area contributed by atoms with Gasteiger partial charge >= 0.3 is 12.2 Å². The summed E-state index contributed by atoms with van der Waals surface area (Å²) in [5.74, 6) is 0.406. The molecular weight excluding hydrogens is 467 g/mol. The lowest BCUT2D eigenvalue weighted by molar-refractivity contribution is -0.139. The van der Waals surface area contributed by atoms with Crippen LogP contribution in [0.2, 0.25) is 0 Å². The SMILES string of the molecule is CS(=O)(=O)c1ccc(N(CC2CCCC2)C(=O)Nc2ccc3ccccc3n2)cc1C(F)(F)F. The van der Waals surface area contributed by atoms with Gasteiger partial charge in [0.05, 0.1) is 16.0 Å². The first-order valence-corrected chi connectivity index (χ1v) is 12.8. The second-order valence-corrected chi connectivity index (χ2v) is 10.5. The van der Waals surface area contributed by atoms with Crippen LogP contribution in [0.5, 0.6) is 0 Å². The van der Waals surface area contributed by atoms with E-state index in [0.29, 0.717) is 5.52 Å². The molecule has 0 aliphatic heterocycles. The summed E-state index contributed by atoms with van der Waals surface area (Å²) < 4.78 is 65.1. The van der Waals surface area contributed by atoms with Crippen molar-refractivity contribution in [2.75, 3.05) is 23.0 Å². The lowest BCUT2D eigenvalue weighted by Crippen LogP contribution is -2.38. The standard InChI is InChI=1S/C24H24F3N3O3S/c1-34(32,33)21-12-11-18(14-19(21)24(25,26)27)30(15-16-6-2-3-7-16)23(31)29-22-13-10-17-8-4-5-9-20(17)28-22/h4-5,8-14,16H,2-3,6-7,15H2,1H3,(H,28,29,31). The van der Waals surface area contributed by atoms with Crippen LogP contribution in [0.25, 0.3) is 10.9 Å². The molecule has 0 unspecified atom stereocenters. The van der Waals surface area contributed by atoms with E-state index < -0.39 is 32.5 Å². The molecule has 3 aromatic rings. The van der Waals surface area contributed by atoms with Crippen molar-refractivity contribution < 1.29 is 26.4 Å². The Hall–Kier alpha value is -3.14. The highest BCUT2D eigenvalue weighted by Crippen LogP contribution is 2.37. The molecule has 2 amide bonds. The molecule has 4 rings (SSSR count). The molecule has 34 heavy (non-hydrogen) atoms. The molecular formula is C24H24F3N3O3S. The Balaban J connectivity index is 1.71. The van der Waals surface area contributed by atoms with Crippen LogP contribution in [0.3, 0.4) is 0 Å². The molecule has 1 saturated carbocycles. The average molecular weight is 492 g/mol. The fourth-order valence-electron chi connectivity index (χ4n) is 4.30. The number of nitrogens with zero attached hydrogens (tertiary/aromatic N) is 2. The summed E-state index contributed by atoms with van der Waals surface area (Å²) in [6.45, 7) is 0.217. The van der Waals surface area contributed by atoms with Crippen LogP contribution in [0.15, 0.2) is 59.5 Å². The molecule has 2 aromatic carbocycles. The maximum absolute atomic E-state index is 13.7. The highest BCUT2D eigenvalue weighted by atomic mass is 32.2. The van der Waals surface area contributed by atoms with Gasteiger partial charge in [-0.1, -0.05) is 31.0 Å². The van der Waals surface area contributed by atoms with E-state index in [1.54, 1.807) is 18.2 Å². The molecule has 1 heterocycles. The minimum Gasteiger partial charge on any atom is -0.294 e. The molecule has 0 saturated heterocycles. The van der Waals surface area contributed by atoms with E-state index in [0.717, 1.165) is 49.5 Å². The van der Waals surface area contributed by atoms with Gasteiger partial charge in [-0.15, -0.1) is 0 Å². The second-order valence-electron chi connectivity index (χ2n) is 8.53. The van der Waals surface area contributed by atoms with Gasteiger partial charge in [-0.05, 0) is 55.2 Å². The Bertz CT molecular complexity index is 1320. The maximum atomic E-state index is 13.7. The van der Waals surface area contributed by atoms with Crippen LogP contribution in [-0.2, 0) is 16.0 Å². The zero-order chi connectivity index (χ0) is 24.5. The van der Waals surface area contributed by atoms with E-state index in [2.05, 4.69) is 10.3 Å². The predicted molar refractivity (Wildman–Crippen MR) is 125 cm³/mol. The molecule has 180 valence electrons. The number of amides is 2. The number of rotatable bonds is 5. The third kappa shape index (κ3) is 5.32. The second kappa shape index (κ2) is 9.25. The van der Waals surface area contributed by atoms with E-state index >= 15 is 0 Å². The molecule has 0 spiro atoms. The average Bonchev–Trinajstić information content (AvgIpc) is 3.29. The monoisotopic (exact) mass is 491 g/mol. The highest BCUT2D eigenvalue weighted by Gasteiger charge is 2.37. The summed E-state index contributed by atoms with van der Waals surface area (Å²) >= 11 is 0. The van der Waals surface area contributed by atoms with Gasteiger partial charge in [0.15, 0.2) is 9.84 Å². The molecule has 0 radical (unpaired) electrons. The number of para-hydroxylation sites is 1. The molecule has 1 aliphatic carbocycles. The number of anilines is 2. The lowest BCUT2D eigenvalue weighted by atomic mass is 10.1. The van der Waals surface area contributed by atoms with Crippen LogP contribution >= 0.6 is 0 Å². The maximum Gasteiger partial charge on any atom is 0.417 e. The Morgan fingerprint density at radius 3 is 2.47 bits per heavy atom. The topological polar surface area (TPSA) is 79.4 Å². The third-order valence-corrected chi connectivity index (χ3v) is 7.13. The number of benzene rings is 2. The minimum absolute atomic E-state index is 0.0232. The smallest absolute Gasteiger partial charge is 0.294 e. The molecule has 1 fully saturated rings. The summed E-state index contributed by atoms with van der Waals surface area (Å²) in [7, 11) is -4.12. The fourth-order valence-corrected chi connectivity index (χ4v) is 5.19. The Labute approximate surface area is 195 Å². The number of fused-ring (bicyclic) bond motifs is 1. The molecule has 6 nitrogen and oxygen atoms in total. The number of hydrogen-bond acceptors (Lipinski definition) is 4. The van der Waals surface area contributed by atoms with Crippen molar-refractivity contribution in [1.29, 1.82) is 0 Å². The van der Waals surface area contributed by atoms with E-state index in [1.165, 1.54) is 11.0 Å². The molecule has 1 N–H and O–H groups in total. The van der Waals surface area contributed by atoms with Gasteiger partial charge in [-0.25, -0.2) is 18.2 Å². The first-order valence-electron chi connectivity index (χ1n) is 10.9. The Morgan fingerprint density at radius 1 is 1.09 bits per heavy atom. The lowest BCUT2D eigenvalue weighted by Gasteiger charge is -2.27. The van der Waals surface area contributed by atoms with Crippen molar-refractivity contribution in [3.8, 4) is 0 Å². The van der Waals surface area contributed by atoms with Crippen LogP contribution in [-0.4, -0.2) is 32.2 Å². The van der Waals surface area contributed by atoms with Gasteiger partial charge in [-0.2, -0.15) is 13.2 Å². The first kappa shape index (κ1) is 24.0. The van der Waals surface area contributed by atoms with Crippen molar-refractivity contribution in [3.05, 3.63) is 60.2 Å². The van der Waals surface area contributed by atoms with Gasteiger partial charge in [0.1, 0.15) is 5.82 Å². The van der Waals surface area contributed by atoms with Crippen molar-refractivity contribution in [2.45, 2.75) is 36.8 Å². The van der Waals surface area contributed by atoms with Crippen LogP contribution in [0.1, 0.15) is 31.2 Å². The van der Waals surface area contributed by atoms with Crippen LogP contribution < -0.4 is 10.2 Å². The predicted octanol–water partition coefficient (Wildman–Crippen LogP) is 5.89. The number of pyridine rings is 1. The molecule has 0 bridgehead atoms. The number of sulfone groups is 1. The number of urea groups is 1. The highest BCUT2D eigenvalue weighted by molar-refractivity contribution is 7.90. The summed E-state index contributed by atoms with van der Waals surface area (Å²) in [6.07, 6.45) is -0.451. The summed E-state index contributed by atoms with van der Waals surface area (Å²) in [6, 6.07) is 13.0. The number of halogens is 3. The van der Waals surface area contributed by atoms with Crippen LogP contribution in [0, 0.1) is 5.92 Å². The van der Waals surface area contributed by atoms with Crippen molar-refractivity contribution in [1.82, 2.24) is 4.98 Å². The Kier molecular flexibility index (Phi) is 6.53. The minimum atomic E-state index is -4.90. The van der Waals surface area contributed by atoms with E-state index in [4.69, 9.17) is 0 Å². The van der Waals surface area contributed by atoms with Crippen LogP contribution in [0.4, 0.5) is 29.5 Å². The molecule has 10 heteroatoms. The first-order chi connectivity index (χ1) is 16.0. The summed E-state index contributed by atoms with van der Waals surface area (Å²) in [5, 5.41) is 3.57. The van der Waals surface area contributed by atoms with Gasteiger partial charge in [0.25, 0.3) is 0 Å². The van der Waals surface area contributed by atoms with E-state index in [1.807, 2.05) is 18.2 Å². The summed E-state index contributed by atoms with van der Waals surface area (Å²) in [4.78, 5) is 18.1. The number of nitrogens with one attached hydrogen (secondary N) is 1. The molecule has 1 aliphatic rings. The largest absolute Gasteiger partial charge is 0.417 e. The Morgan fingerprint density at radius 2 is 1.79 bits per heavy atom. The zero-order valence-electron chi connectivity index (χ0n) is 18.5. The van der Waals surface area contributed by atoms with Gasteiger partial charge < -0.3 is 0 Å². The fraction of sp³-hybridized carbons (Fsp3) is 0.333. The van der Waals surface area contributed by atoms with Gasteiger partial charge in [0, 0.05) is 23.9 Å². The number of alkyl halides is 3. The van der Waals surface area contributed by atoms with Crippen molar-refractivity contribution >= 4 is 38.3 Å². The molecule has 1 aromatic heterocycles. The van der Waals surface area contributed by atoms with Crippen molar-refractivity contribution in [2.24, 2.45) is 5.92 Å². The van der Waals surface area contributed by atoms with E-state index in [-0.39, 0.29) is 24.0 Å². The normalized spacial score (nSPS) is 14.9. The quantitative estimate of drug-likeness (QED) is 0.483.